The Kier molecular flexibility index (Phi) is 11.9. The maximum Gasteiger partial charge on any atom is 0.312 e. The van der Waals surface area contributed by atoms with Gasteiger partial charge in [0.25, 0.3) is 0 Å². The highest BCUT2D eigenvalue weighted by Crippen LogP contribution is 2.23. The van der Waals surface area contributed by atoms with Gasteiger partial charge in [0.05, 0.1) is 19.3 Å². The molecule has 0 saturated carbocycles. The SMILES string of the molecule is CCCOCCOC(=O)CC(CC)[n+]1ccc(CO[C@@H]2OC(CO)[C@@H](O)[C@H](O)C2NC(C)=O)o1. The van der Waals surface area contributed by atoms with E-state index in [1.165, 1.54) is 11.7 Å². The van der Waals surface area contributed by atoms with Crippen molar-refractivity contribution in [1.82, 2.24) is 5.32 Å². The Bertz CT molecular complexity index is 758. The topological polar surface area (TPSA) is 161 Å². The molecule has 12 nitrogen and oxygen atoms in total. The van der Waals surface area contributed by atoms with Crippen LogP contribution < -0.4 is 10.1 Å². The normalized spacial score (nSPS) is 25.6. The Morgan fingerprint density at radius 1 is 1.21 bits per heavy atom. The molecule has 2 heterocycles. The lowest BCUT2D eigenvalue weighted by Gasteiger charge is -2.41. The molecule has 0 spiro atoms. The number of carbonyl (C=O) groups excluding carboxylic acids is 2. The molecule has 0 bridgehead atoms. The van der Waals surface area contributed by atoms with Gasteiger partial charge in [-0.15, -0.1) is 0 Å². The van der Waals surface area contributed by atoms with Gasteiger partial charge in [-0.25, -0.2) is 4.52 Å². The van der Waals surface area contributed by atoms with Crippen molar-refractivity contribution >= 4 is 11.9 Å². The summed E-state index contributed by atoms with van der Waals surface area (Å²) in [4.78, 5) is 23.6. The zero-order valence-corrected chi connectivity index (χ0v) is 19.9. The number of hydrogen-bond acceptors (Lipinski definition) is 10. The number of esters is 1. The number of aromatic nitrogens is 1. The molecule has 4 N–H and O–H groups in total. The van der Waals surface area contributed by atoms with E-state index < -0.39 is 43.2 Å². The molecule has 1 amide bonds. The fourth-order valence-electron chi connectivity index (χ4n) is 3.53. The molecule has 1 aromatic rings. The van der Waals surface area contributed by atoms with Gasteiger partial charge in [-0.05, 0) is 11.2 Å². The molecule has 0 aromatic carbocycles. The molecule has 1 aliphatic rings. The smallest absolute Gasteiger partial charge is 0.312 e. The van der Waals surface area contributed by atoms with Gasteiger partial charge in [-0.3, -0.25) is 9.59 Å². The van der Waals surface area contributed by atoms with E-state index in [0.29, 0.717) is 25.4 Å². The van der Waals surface area contributed by atoms with Crippen LogP contribution in [0.3, 0.4) is 0 Å². The van der Waals surface area contributed by atoms with Crippen molar-refractivity contribution in [2.75, 3.05) is 26.4 Å². The average molecular weight is 490 g/mol. The molecular formula is C22H37N2O10+. The molecule has 12 heteroatoms. The summed E-state index contributed by atoms with van der Waals surface area (Å²) in [5, 5.41) is 32.3. The Hall–Kier alpha value is -2.09. The van der Waals surface area contributed by atoms with E-state index in [0.717, 1.165) is 6.42 Å². The van der Waals surface area contributed by atoms with Crippen molar-refractivity contribution in [2.45, 2.75) is 83.3 Å². The van der Waals surface area contributed by atoms with Gasteiger partial charge in [0.2, 0.25) is 23.9 Å². The lowest BCUT2D eigenvalue weighted by Crippen LogP contribution is -2.64. The minimum Gasteiger partial charge on any atom is -0.463 e. The monoisotopic (exact) mass is 489 g/mol. The Balaban J connectivity index is 1.92. The second-order valence-corrected chi connectivity index (χ2v) is 8.08. The van der Waals surface area contributed by atoms with Gasteiger partial charge < -0.3 is 39.6 Å². The van der Waals surface area contributed by atoms with E-state index in [1.54, 1.807) is 12.3 Å². The van der Waals surface area contributed by atoms with E-state index >= 15 is 0 Å². The summed E-state index contributed by atoms with van der Waals surface area (Å²) in [5.41, 5.74) is 0. The number of amides is 1. The van der Waals surface area contributed by atoms with Crippen LogP contribution in [0.25, 0.3) is 0 Å². The number of hydrogen-bond donors (Lipinski definition) is 4. The molecule has 1 fully saturated rings. The zero-order valence-electron chi connectivity index (χ0n) is 19.9. The van der Waals surface area contributed by atoms with Crippen molar-refractivity contribution in [3.05, 3.63) is 18.0 Å². The number of rotatable bonds is 14. The predicted octanol–water partition coefficient (Wildman–Crippen LogP) is -0.662. The maximum atomic E-state index is 12.1. The van der Waals surface area contributed by atoms with Crippen LogP contribution in [0.15, 0.2) is 16.8 Å². The van der Waals surface area contributed by atoms with Gasteiger partial charge in [-0.1, -0.05) is 13.8 Å². The highest BCUT2D eigenvalue weighted by atomic mass is 16.7. The van der Waals surface area contributed by atoms with E-state index in [9.17, 15) is 24.9 Å². The molecule has 3 unspecified atom stereocenters. The summed E-state index contributed by atoms with van der Waals surface area (Å²) in [7, 11) is 0. The lowest BCUT2D eigenvalue weighted by molar-refractivity contribution is -0.883. The third kappa shape index (κ3) is 8.29. The molecule has 1 aromatic heterocycles. The van der Waals surface area contributed by atoms with Gasteiger partial charge in [0.15, 0.2) is 6.29 Å². The molecule has 1 aliphatic heterocycles. The second kappa shape index (κ2) is 14.3. The van der Waals surface area contributed by atoms with Crippen molar-refractivity contribution in [2.24, 2.45) is 0 Å². The zero-order chi connectivity index (χ0) is 25.1. The summed E-state index contributed by atoms with van der Waals surface area (Å²) in [5.74, 6) is -0.391. The molecule has 194 valence electrons. The molecule has 0 radical (unpaired) electrons. The summed E-state index contributed by atoms with van der Waals surface area (Å²) in [6, 6.07) is 0.362. The second-order valence-electron chi connectivity index (χ2n) is 8.08. The quantitative estimate of drug-likeness (QED) is 0.150. The van der Waals surface area contributed by atoms with Crippen LogP contribution in [0.1, 0.15) is 51.8 Å². The van der Waals surface area contributed by atoms with Gasteiger partial charge in [0, 0.05) is 20.0 Å². The first kappa shape index (κ1) is 28.1. The van der Waals surface area contributed by atoms with Crippen LogP contribution in [-0.4, -0.2) is 84.3 Å². The van der Waals surface area contributed by atoms with Crippen LogP contribution in [-0.2, 0) is 35.1 Å². The third-order valence-electron chi connectivity index (χ3n) is 5.34. The van der Waals surface area contributed by atoms with Crippen LogP contribution in [0.5, 0.6) is 0 Å². The number of aliphatic hydroxyl groups excluding tert-OH is 3. The van der Waals surface area contributed by atoms with Crippen LogP contribution >= 0.6 is 0 Å². The fraction of sp³-hybridized carbons (Fsp3) is 0.773. The van der Waals surface area contributed by atoms with Crippen molar-refractivity contribution < 1.29 is 53.1 Å². The number of carbonyl (C=O) groups is 2. The van der Waals surface area contributed by atoms with Crippen LogP contribution in [0.2, 0.25) is 0 Å². The molecular weight excluding hydrogens is 452 g/mol. The summed E-state index contributed by atoms with van der Waals surface area (Å²) < 4.78 is 29.0. The third-order valence-corrected chi connectivity index (χ3v) is 5.34. The number of nitrogens with zero attached hydrogens (tertiary/aromatic N) is 1. The minimum absolute atomic E-state index is 0.0790. The number of ether oxygens (including phenoxy) is 4. The first-order chi connectivity index (χ1) is 16.3. The van der Waals surface area contributed by atoms with Crippen LogP contribution in [0.4, 0.5) is 0 Å². The minimum atomic E-state index is -1.40. The molecule has 34 heavy (non-hydrogen) atoms. The average Bonchev–Trinajstić information content (AvgIpc) is 3.28. The van der Waals surface area contributed by atoms with E-state index in [1.807, 2.05) is 13.8 Å². The summed E-state index contributed by atoms with van der Waals surface area (Å²) >= 11 is 0. The maximum absolute atomic E-state index is 12.1. The summed E-state index contributed by atoms with van der Waals surface area (Å²) in [6.45, 7) is 5.75. The van der Waals surface area contributed by atoms with E-state index in [-0.39, 0.29) is 31.6 Å². The van der Waals surface area contributed by atoms with Crippen molar-refractivity contribution in [3.63, 3.8) is 0 Å². The Labute approximate surface area is 198 Å². The van der Waals surface area contributed by atoms with E-state index in [2.05, 4.69) is 5.32 Å². The molecule has 2 rings (SSSR count). The lowest BCUT2D eigenvalue weighted by atomic mass is 9.97. The molecule has 6 atom stereocenters. The predicted molar refractivity (Wildman–Crippen MR) is 115 cm³/mol. The molecule has 0 aliphatic carbocycles. The standard InChI is InChI=1S/C22H36N2O10/c1-4-8-30-9-10-31-18(27)11-15(5-2)24-7-6-16(34-24)13-32-22-19(23-14(3)26)21(29)20(28)17(12-25)33-22/h6-7,15,17,19-22,25,28-29H,4-5,8-13H2,1-3H3/p+1/t15?,17?,19?,20-,21-,22-/m1/s1. The largest absolute Gasteiger partial charge is 0.463 e. The first-order valence-corrected chi connectivity index (χ1v) is 11.5. The highest BCUT2D eigenvalue weighted by molar-refractivity contribution is 5.73. The Morgan fingerprint density at radius 2 is 1.97 bits per heavy atom. The number of aliphatic hydroxyl groups is 3. The first-order valence-electron chi connectivity index (χ1n) is 11.5. The fourth-order valence-corrected chi connectivity index (χ4v) is 3.53. The van der Waals surface area contributed by atoms with Crippen molar-refractivity contribution in [3.8, 4) is 0 Å². The van der Waals surface area contributed by atoms with Crippen LogP contribution in [0, 0.1) is 0 Å². The van der Waals surface area contributed by atoms with Crippen molar-refractivity contribution in [1.29, 1.82) is 0 Å². The van der Waals surface area contributed by atoms with Gasteiger partial charge in [0.1, 0.15) is 44.0 Å². The van der Waals surface area contributed by atoms with Gasteiger partial charge in [-0.2, -0.15) is 0 Å². The summed E-state index contributed by atoms with van der Waals surface area (Å²) in [6.07, 6.45) is -1.68. The van der Waals surface area contributed by atoms with E-state index in [4.69, 9.17) is 23.5 Å². The highest BCUT2D eigenvalue weighted by Gasteiger charge is 2.45. The Morgan fingerprint density at radius 3 is 2.62 bits per heavy atom. The number of nitrogens with one attached hydrogen (secondary N) is 1. The van der Waals surface area contributed by atoms with Gasteiger partial charge >= 0.3 is 5.97 Å². The molecule has 1 saturated heterocycles.